The van der Waals surface area contributed by atoms with Crippen LogP contribution in [0.3, 0.4) is 0 Å². The highest BCUT2D eigenvalue weighted by molar-refractivity contribution is 5.97. The lowest BCUT2D eigenvalue weighted by molar-refractivity contribution is -0.150. The van der Waals surface area contributed by atoms with Crippen LogP contribution in [0.2, 0.25) is 0 Å². The summed E-state index contributed by atoms with van der Waals surface area (Å²) >= 11 is 0. The van der Waals surface area contributed by atoms with E-state index in [0.29, 0.717) is 18.4 Å². The van der Waals surface area contributed by atoms with Gasteiger partial charge < -0.3 is 15.4 Å². The van der Waals surface area contributed by atoms with E-state index < -0.39 is 36.0 Å². The molecular weight excluding hydrogens is 346 g/mol. The Kier molecular flexibility index (Phi) is 6.94. The Bertz CT molecular complexity index is 748. The average Bonchev–Trinajstić information content (AvgIpc) is 2.66. The molecule has 1 fully saturated rings. The number of nitrogens with zero attached hydrogens (tertiary/aromatic N) is 1. The van der Waals surface area contributed by atoms with E-state index in [2.05, 4.69) is 16.7 Å². The summed E-state index contributed by atoms with van der Waals surface area (Å²) in [5, 5.41) is 14.6. The van der Waals surface area contributed by atoms with E-state index in [0.717, 1.165) is 24.8 Å². The summed E-state index contributed by atoms with van der Waals surface area (Å²) in [6.45, 7) is 2.88. The van der Waals surface area contributed by atoms with Gasteiger partial charge in [-0.3, -0.25) is 9.59 Å². The van der Waals surface area contributed by atoms with Crippen LogP contribution in [0.1, 0.15) is 54.9 Å². The summed E-state index contributed by atoms with van der Waals surface area (Å²) in [6, 6.07) is 8.27. The van der Waals surface area contributed by atoms with Gasteiger partial charge in [0.25, 0.3) is 11.8 Å². The first-order valence-corrected chi connectivity index (χ1v) is 9.12. The SMILES string of the molecule is Cc1cccc(C(=O)N[C@@H](C)C(=O)OCC(=O)NC2(C#N)CCCCC2)c1. The first-order chi connectivity index (χ1) is 12.8. The van der Waals surface area contributed by atoms with Crippen molar-refractivity contribution >= 4 is 17.8 Å². The highest BCUT2D eigenvalue weighted by Crippen LogP contribution is 2.27. The number of rotatable bonds is 6. The Morgan fingerprint density at radius 2 is 1.96 bits per heavy atom. The maximum Gasteiger partial charge on any atom is 0.328 e. The van der Waals surface area contributed by atoms with Gasteiger partial charge in [-0.1, -0.05) is 37.0 Å². The first-order valence-electron chi connectivity index (χ1n) is 9.12. The van der Waals surface area contributed by atoms with E-state index in [4.69, 9.17) is 4.74 Å². The third-order valence-corrected chi connectivity index (χ3v) is 4.63. The zero-order valence-corrected chi connectivity index (χ0v) is 15.7. The van der Waals surface area contributed by atoms with Crippen LogP contribution >= 0.6 is 0 Å². The molecular formula is C20H25N3O4. The van der Waals surface area contributed by atoms with Crippen LogP contribution in [0.5, 0.6) is 0 Å². The second-order valence-corrected chi connectivity index (χ2v) is 6.98. The number of nitrogens with one attached hydrogen (secondary N) is 2. The molecule has 27 heavy (non-hydrogen) atoms. The molecule has 1 aliphatic rings. The molecule has 0 saturated heterocycles. The third kappa shape index (κ3) is 5.81. The van der Waals surface area contributed by atoms with Gasteiger partial charge in [-0.2, -0.15) is 5.26 Å². The lowest BCUT2D eigenvalue weighted by atomic mass is 9.83. The number of aryl methyl sites for hydroxylation is 1. The first kappa shape index (κ1) is 20.4. The molecule has 0 unspecified atom stereocenters. The Morgan fingerprint density at radius 1 is 1.26 bits per heavy atom. The Morgan fingerprint density at radius 3 is 2.59 bits per heavy atom. The van der Waals surface area contributed by atoms with Crippen LogP contribution in [-0.2, 0) is 14.3 Å². The number of hydrogen-bond donors (Lipinski definition) is 2. The second-order valence-electron chi connectivity index (χ2n) is 6.98. The lowest BCUT2D eigenvalue weighted by Crippen LogP contribution is -2.50. The number of amides is 2. The largest absolute Gasteiger partial charge is 0.454 e. The number of esters is 1. The fourth-order valence-electron chi connectivity index (χ4n) is 3.11. The molecule has 0 radical (unpaired) electrons. The number of ether oxygens (including phenoxy) is 1. The topological polar surface area (TPSA) is 108 Å². The molecule has 1 saturated carbocycles. The smallest absolute Gasteiger partial charge is 0.328 e. The van der Waals surface area contributed by atoms with Gasteiger partial charge in [0.05, 0.1) is 6.07 Å². The molecule has 1 aromatic rings. The van der Waals surface area contributed by atoms with Crippen molar-refractivity contribution in [2.24, 2.45) is 0 Å². The number of carbonyl (C=O) groups is 3. The molecule has 144 valence electrons. The van der Waals surface area contributed by atoms with Crippen LogP contribution in [0.4, 0.5) is 0 Å². The Labute approximate surface area is 159 Å². The summed E-state index contributed by atoms with van der Waals surface area (Å²) in [7, 11) is 0. The van der Waals surface area contributed by atoms with Gasteiger partial charge >= 0.3 is 5.97 Å². The molecule has 7 nitrogen and oxygen atoms in total. The normalized spacial score (nSPS) is 16.5. The van der Waals surface area contributed by atoms with Crippen LogP contribution in [0.15, 0.2) is 24.3 Å². The summed E-state index contributed by atoms with van der Waals surface area (Å²) in [4.78, 5) is 36.3. The van der Waals surface area contributed by atoms with E-state index in [9.17, 15) is 19.6 Å². The summed E-state index contributed by atoms with van der Waals surface area (Å²) in [5.74, 6) is -1.61. The second kappa shape index (κ2) is 9.17. The maximum absolute atomic E-state index is 12.2. The van der Waals surface area contributed by atoms with E-state index in [1.807, 2.05) is 13.0 Å². The monoisotopic (exact) mass is 371 g/mol. The standard InChI is InChI=1S/C20H25N3O4/c1-14-7-6-8-16(11-14)18(25)22-15(2)19(26)27-12-17(24)23-20(13-21)9-4-3-5-10-20/h6-8,11,15H,3-5,9-10,12H2,1-2H3,(H,22,25)(H,23,24)/t15-/m0/s1. The van der Waals surface area contributed by atoms with Crippen molar-refractivity contribution in [2.75, 3.05) is 6.61 Å². The lowest BCUT2D eigenvalue weighted by Gasteiger charge is -2.31. The molecule has 0 aliphatic heterocycles. The molecule has 0 aromatic heterocycles. The molecule has 0 spiro atoms. The minimum absolute atomic E-state index is 0.391. The molecule has 2 rings (SSSR count). The van der Waals surface area contributed by atoms with E-state index >= 15 is 0 Å². The van der Waals surface area contributed by atoms with Crippen molar-refractivity contribution in [1.29, 1.82) is 5.26 Å². The highest BCUT2D eigenvalue weighted by atomic mass is 16.5. The molecule has 1 aliphatic carbocycles. The van der Waals surface area contributed by atoms with Crippen LogP contribution in [-0.4, -0.2) is 36.0 Å². The van der Waals surface area contributed by atoms with Crippen molar-refractivity contribution in [3.8, 4) is 6.07 Å². The van der Waals surface area contributed by atoms with E-state index in [-0.39, 0.29) is 0 Å². The van der Waals surface area contributed by atoms with Crippen molar-refractivity contribution in [1.82, 2.24) is 10.6 Å². The fourth-order valence-corrected chi connectivity index (χ4v) is 3.11. The Hall–Kier alpha value is -2.88. The van der Waals surface area contributed by atoms with Crippen molar-refractivity contribution in [2.45, 2.75) is 57.5 Å². The van der Waals surface area contributed by atoms with E-state index in [1.165, 1.54) is 6.92 Å². The molecule has 2 N–H and O–H groups in total. The number of nitriles is 1. The van der Waals surface area contributed by atoms with Crippen molar-refractivity contribution < 1.29 is 19.1 Å². The summed E-state index contributed by atoms with van der Waals surface area (Å²) in [6.07, 6.45) is 4.02. The van der Waals surface area contributed by atoms with E-state index in [1.54, 1.807) is 18.2 Å². The highest BCUT2D eigenvalue weighted by Gasteiger charge is 2.33. The minimum atomic E-state index is -0.898. The van der Waals surface area contributed by atoms with Crippen LogP contribution in [0.25, 0.3) is 0 Å². The minimum Gasteiger partial charge on any atom is -0.454 e. The summed E-state index contributed by atoms with van der Waals surface area (Å²) in [5.41, 5.74) is 0.511. The molecule has 0 heterocycles. The van der Waals surface area contributed by atoms with Gasteiger partial charge in [0.15, 0.2) is 6.61 Å². The molecule has 1 atom stereocenters. The quantitative estimate of drug-likeness (QED) is 0.744. The maximum atomic E-state index is 12.2. The molecule has 0 bridgehead atoms. The van der Waals surface area contributed by atoms with Gasteiger partial charge in [-0.05, 0) is 38.8 Å². The zero-order chi connectivity index (χ0) is 19.9. The van der Waals surface area contributed by atoms with Gasteiger partial charge in [0.2, 0.25) is 0 Å². The number of benzene rings is 1. The van der Waals surface area contributed by atoms with Gasteiger partial charge in [0, 0.05) is 5.56 Å². The predicted molar refractivity (Wildman–Crippen MR) is 98.6 cm³/mol. The molecule has 1 aromatic carbocycles. The van der Waals surface area contributed by atoms with Crippen molar-refractivity contribution in [3.05, 3.63) is 35.4 Å². The van der Waals surface area contributed by atoms with Crippen LogP contribution < -0.4 is 10.6 Å². The van der Waals surface area contributed by atoms with Gasteiger partial charge in [0.1, 0.15) is 11.6 Å². The summed E-state index contributed by atoms with van der Waals surface area (Å²) < 4.78 is 4.98. The predicted octanol–water partition coefficient (Wildman–Crippen LogP) is 2.00. The molecule has 7 heteroatoms. The number of carbonyl (C=O) groups excluding carboxylic acids is 3. The number of hydrogen-bond acceptors (Lipinski definition) is 5. The fraction of sp³-hybridized carbons (Fsp3) is 0.500. The molecule has 2 amide bonds. The van der Waals surface area contributed by atoms with Gasteiger partial charge in [-0.25, -0.2) is 4.79 Å². The Balaban J connectivity index is 1.81. The van der Waals surface area contributed by atoms with Crippen LogP contribution in [0, 0.1) is 18.3 Å². The van der Waals surface area contributed by atoms with Crippen molar-refractivity contribution in [3.63, 3.8) is 0 Å². The average molecular weight is 371 g/mol. The zero-order valence-electron chi connectivity index (χ0n) is 15.7. The van der Waals surface area contributed by atoms with Gasteiger partial charge in [-0.15, -0.1) is 0 Å². The third-order valence-electron chi connectivity index (χ3n) is 4.63.